The van der Waals surface area contributed by atoms with Gasteiger partial charge in [-0.1, -0.05) is 0 Å². The van der Waals surface area contributed by atoms with E-state index in [1.165, 1.54) is 58.2 Å². The lowest BCUT2D eigenvalue weighted by Crippen LogP contribution is -2.46. The van der Waals surface area contributed by atoms with E-state index in [0.717, 1.165) is 18.0 Å². The molecule has 1 aliphatic heterocycles. The van der Waals surface area contributed by atoms with Crippen LogP contribution in [0.4, 0.5) is 0 Å². The molecule has 3 heteroatoms. The quantitative estimate of drug-likeness (QED) is 0.824. The van der Waals surface area contributed by atoms with Gasteiger partial charge in [0.2, 0.25) is 0 Å². The highest BCUT2D eigenvalue weighted by atomic mass is 15.2. The van der Waals surface area contributed by atoms with Crippen molar-refractivity contribution in [3.8, 4) is 0 Å². The molecule has 3 nitrogen and oxygen atoms in total. The van der Waals surface area contributed by atoms with E-state index in [1.807, 2.05) is 0 Å². The van der Waals surface area contributed by atoms with Crippen LogP contribution in [0.2, 0.25) is 0 Å². The lowest BCUT2D eigenvalue weighted by atomic mass is 9.85. The van der Waals surface area contributed by atoms with Crippen LogP contribution in [-0.4, -0.2) is 62.7 Å². The van der Waals surface area contributed by atoms with Gasteiger partial charge in [0.1, 0.15) is 0 Å². The number of piperidine rings is 1. The lowest BCUT2D eigenvalue weighted by Gasteiger charge is -2.38. The summed E-state index contributed by atoms with van der Waals surface area (Å²) in [5.41, 5.74) is 0. The molecule has 1 saturated carbocycles. The van der Waals surface area contributed by atoms with Gasteiger partial charge in [0.15, 0.2) is 0 Å². The first-order valence-electron chi connectivity index (χ1n) is 7.75. The van der Waals surface area contributed by atoms with Crippen molar-refractivity contribution in [2.45, 2.75) is 50.6 Å². The first-order chi connectivity index (χ1) is 8.69. The molecule has 1 saturated heterocycles. The van der Waals surface area contributed by atoms with Crippen molar-refractivity contribution in [1.82, 2.24) is 15.1 Å². The number of nitrogens with one attached hydrogen (secondary N) is 1. The maximum Gasteiger partial charge on any atom is 0.0220 e. The molecule has 1 heterocycles. The average Bonchev–Trinajstić information content (AvgIpc) is 2.39. The van der Waals surface area contributed by atoms with E-state index in [-0.39, 0.29) is 0 Å². The molecular weight excluding hydrogens is 222 g/mol. The smallest absolute Gasteiger partial charge is 0.0220 e. The molecular formula is C15H31N3. The number of hydrogen-bond acceptors (Lipinski definition) is 3. The highest BCUT2D eigenvalue weighted by molar-refractivity contribution is 4.82. The fourth-order valence-electron chi connectivity index (χ4n) is 3.69. The fourth-order valence-corrected chi connectivity index (χ4v) is 3.69. The van der Waals surface area contributed by atoms with Gasteiger partial charge in [0.05, 0.1) is 0 Å². The second-order valence-corrected chi connectivity index (χ2v) is 6.50. The number of nitrogens with zero attached hydrogens (tertiary/aromatic N) is 2. The van der Waals surface area contributed by atoms with Crippen molar-refractivity contribution in [2.24, 2.45) is 5.92 Å². The third-order valence-electron chi connectivity index (χ3n) is 5.02. The van der Waals surface area contributed by atoms with Crippen molar-refractivity contribution in [1.29, 1.82) is 0 Å². The second-order valence-electron chi connectivity index (χ2n) is 6.50. The summed E-state index contributed by atoms with van der Waals surface area (Å²) in [5.74, 6) is 0.937. The van der Waals surface area contributed by atoms with E-state index in [0.29, 0.717) is 0 Å². The normalized spacial score (nSPS) is 35.0. The molecule has 0 amide bonds. The number of rotatable bonds is 4. The van der Waals surface area contributed by atoms with Crippen LogP contribution in [0.3, 0.4) is 0 Å². The van der Waals surface area contributed by atoms with E-state index >= 15 is 0 Å². The Bertz CT molecular complexity index is 236. The third kappa shape index (κ3) is 3.94. The zero-order valence-corrected chi connectivity index (χ0v) is 12.5. The molecule has 106 valence electrons. The topological polar surface area (TPSA) is 18.5 Å². The molecule has 0 radical (unpaired) electrons. The maximum absolute atomic E-state index is 3.43. The molecule has 1 unspecified atom stereocenters. The van der Waals surface area contributed by atoms with E-state index in [4.69, 9.17) is 0 Å². The molecule has 0 bridgehead atoms. The Morgan fingerprint density at radius 2 is 1.89 bits per heavy atom. The van der Waals surface area contributed by atoms with Crippen molar-refractivity contribution in [3.05, 3.63) is 0 Å². The Kier molecular flexibility index (Phi) is 5.46. The second kappa shape index (κ2) is 6.88. The number of hydrogen-bond donors (Lipinski definition) is 1. The van der Waals surface area contributed by atoms with Crippen molar-refractivity contribution >= 4 is 0 Å². The van der Waals surface area contributed by atoms with Gasteiger partial charge in [0, 0.05) is 25.2 Å². The largest absolute Gasteiger partial charge is 0.317 e. The van der Waals surface area contributed by atoms with E-state index in [2.05, 4.69) is 36.3 Å². The summed E-state index contributed by atoms with van der Waals surface area (Å²) in [4.78, 5) is 5.13. The molecule has 2 rings (SSSR count). The minimum absolute atomic E-state index is 0.785. The van der Waals surface area contributed by atoms with Gasteiger partial charge in [-0.3, -0.25) is 0 Å². The van der Waals surface area contributed by atoms with Crippen LogP contribution >= 0.6 is 0 Å². The van der Waals surface area contributed by atoms with Crippen LogP contribution in [0.25, 0.3) is 0 Å². The summed E-state index contributed by atoms with van der Waals surface area (Å²) in [7, 11) is 6.71. The fraction of sp³-hybridized carbons (Fsp3) is 1.00. The Hall–Kier alpha value is -0.120. The zero-order chi connectivity index (χ0) is 13.0. The molecule has 1 N–H and O–H groups in total. The van der Waals surface area contributed by atoms with Gasteiger partial charge in [-0.15, -0.1) is 0 Å². The molecule has 2 fully saturated rings. The first-order valence-corrected chi connectivity index (χ1v) is 7.75. The molecule has 18 heavy (non-hydrogen) atoms. The van der Waals surface area contributed by atoms with Crippen molar-refractivity contribution < 1.29 is 0 Å². The minimum atomic E-state index is 0.785. The highest BCUT2D eigenvalue weighted by Gasteiger charge is 2.25. The van der Waals surface area contributed by atoms with Crippen molar-refractivity contribution in [2.75, 3.05) is 40.8 Å². The summed E-state index contributed by atoms with van der Waals surface area (Å²) in [6.07, 6.45) is 8.35. The SMILES string of the molecule is CNC1CCC(CN(C)C2CCCN(C)C2)CC1. The Morgan fingerprint density at radius 3 is 2.50 bits per heavy atom. The summed E-state index contributed by atoms with van der Waals surface area (Å²) < 4.78 is 0. The van der Waals surface area contributed by atoms with Crippen LogP contribution in [0.1, 0.15) is 38.5 Å². The van der Waals surface area contributed by atoms with Crippen LogP contribution in [0.5, 0.6) is 0 Å². The predicted molar refractivity (Wildman–Crippen MR) is 78.0 cm³/mol. The van der Waals surface area contributed by atoms with Gasteiger partial charge >= 0.3 is 0 Å². The third-order valence-corrected chi connectivity index (χ3v) is 5.02. The van der Waals surface area contributed by atoms with Crippen LogP contribution in [-0.2, 0) is 0 Å². The maximum atomic E-state index is 3.43. The number of likely N-dealkylation sites (N-methyl/N-ethyl adjacent to an activating group) is 2. The van der Waals surface area contributed by atoms with Gasteiger partial charge in [0.25, 0.3) is 0 Å². The monoisotopic (exact) mass is 253 g/mol. The van der Waals surface area contributed by atoms with Crippen LogP contribution in [0.15, 0.2) is 0 Å². The predicted octanol–water partition coefficient (Wildman–Crippen LogP) is 1.79. The summed E-state index contributed by atoms with van der Waals surface area (Å²) >= 11 is 0. The average molecular weight is 253 g/mol. The van der Waals surface area contributed by atoms with Gasteiger partial charge in [-0.2, -0.15) is 0 Å². The molecule has 0 aromatic carbocycles. The number of likely N-dealkylation sites (tertiary alicyclic amines) is 1. The molecule has 1 atom stereocenters. The molecule has 2 aliphatic rings. The van der Waals surface area contributed by atoms with Crippen molar-refractivity contribution in [3.63, 3.8) is 0 Å². The highest BCUT2D eigenvalue weighted by Crippen LogP contribution is 2.26. The summed E-state index contributed by atoms with van der Waals surface area (Å²) in [5, 5.41) is 3.43. The minimum Gasteiger partial charge on any atom is -0.317 e. The molecule has 1 aliphatic carbocycles. The van der Waals surface area contributed by atoms with E-state index < -0.39 is 0 Å². The summed E-state index contributed by atoms with van der Waals surface area (Å²) in [6.45, 7) is 3.87. The standard InChI is InChI=1S/C15H31N3/c1-16-14-8-6-13(7-9-14)11-18(3)15-5-4-10-17(2)12-15/h13-16H,4-12H2,1-3H3. The van der Waals surface area contributed by atoms with Gasteiger partial charge < -0.3 is 15.1 Å². The zero-order valence-electron chi connectivity index (χ0n) is 12.5. The Morgan fingerprint density at radius 1 is 1.17 bits per heavy atom. The first kappa shape index (κ1) is 14.3. The summed E-state index contributed by atoms with van der Waals surface area (Å²) in [6, 6.07) is 1.58. The lowest BCUT2D eigenvalue weighted by molar-refractivity contribution is 0.109. The Labute approximate surface area is 113 Å². The van der Waals surface area contributed by atoms with E-state index in [9.17, 15) is 0 Å². The molecule has 0 spiro atoms. The van der Waals surface area contributed by atoms with Crippen LogP contribution < -0.4 is 5.32 Å². The molecule has 0 aromatic rings. The van der Waals surface area contributed by atoms with Gasteiger partial charge in [-0.25, -0.2) is 0 Å². The molecule has 0 aromatic heterocycles. The van der Waals surface area contributed by atoms with Gasteiger partial charge in [-0.05, 0) is 72.1 Å². The van der Waals surface area contributed by atoms with Crippen LogP contribution in [0, 0.1) is 5.92 Å². The Balaban J connectivity index is 1.72. The van der Waals surface area contributed by atoms with E-state index in [1.54, 1.807) is 0 Å².